The van der Waals surface area contributed by atoms with Gasteiger partial charge in [0.15, 0.2) is 0 Å². The van der Waals surface area contributed by atoms with Crippen LogP contribution in [0.3, 0.4) is 0 Å². The first kappa shape index (κ1) is 21.6. The molecule has 2 N–H and O–H groups in total. The van der Waals surface area contributed by atoms with E-state index in [1.165, 1.54) is 25.7 Å². The monoisotopic (exact) mass is 384 g/mol. The second-order valence-corrected chi connectivity index (χ2v) is 6.65. The maximum atomic E-state index is 12.1. The van der Waals surface area contributed by atoms with Gasteiger partial charge in [-0.2, -0.15) is 0 Å². The molecule has 2 rings (SSSR count). The van der Waals surface area contributed by atoms with Crippen molar-refractivity contribution in [2.75, 3.05) is 30.4 Å². The highest BCUT2D eigenvalue weighted by molar-refractivity contribution is 5.93. The third kappa shape index (κ3) is 8.33. The van der Waals surface area contributed by atoms with Crippen LogP contribution in [0.15, 0.2) is 48.5 Å². The third-order valence-corrected chi connectivity index (χ3v) is 4.27. The number of hydrogen-bond acceptors (Lipinski definition) is 4. The average molecular weight is 385 g/mol. The van der Waals surface area contributed by atoms with Crippen molar-refractivity contribution >= 4 is 17.3 Å². The highest BCUT2D eigenvalue weighted by Gasteiger charge is 2.03. The van der Waals surface area contributed by atoms with Crippen LogP contribution in [-0.4, -0.2) is 25.7 Å². The van der Waals surface area contributed by atoms with E-state index in [1.807, 2.05) is 55.5 Å². The Morgan fingerprint density at radius 2 is 1.39 bits per heavy atom. The van der Waals surface area contributed by atoms with Gasteiger partial charge in [0.25, 0.3) is 0 Å². The van der Waals surface area contributed by atoms with Gasteiger partial charge in [-0.05, 0) is 61.9 Å². The SMILES string of the molecule is CCCCCCCOc1ccc(NCC(=O)Nc2ccc(OCC)cc2)cc1. The van der Waals surface area contributed by atoms with E-state index in [9.17, 15) is 4.79 Å². The molecule has 0 spiro atoms. The Kier molecular flexibility index (Phi) is 9.76. The quantitative estimate of drug-likeness (QED) is 0.449. The number of hydrogen-bond donors (Lipinski definition) is 2. The minimum atomic E-state index is -0.100. The first-order valence-corrected chi connectivity index (χ1v) is 10.2. The molecule has 0 radical (unpaired) electrons. The number of amides is 1. The maximum Gasteiger partial charge on any atom is 0.243 e. The molecule has 0 atom stereocenters. The van der Waals surface area contributed by atoms with Crippen LogP contribution in [0.5, 0.6) is 11.5 Å². The minimum absolute atomic E-state index is 0.100. The van der Waals surface area contributed by atoms with E-state index in [0.717, 1.165) is 35.9 Å². The first-order valence-electron chi connectivity index (χ1n) is 10.2. The predicted molar refractivity (Wildman–Crippen MR) is 115 cm³/mol. The molecule has 2 aromatic carbocycles. The molecule has 0 fully saturated rings. The second-order valence-electron chi connectivity index (χ2n) is 6.65. The predicted octanol–water partition coefficient (Wildman–Crippen LogP) is 5.49. The molecule has 28 heavy (non-hydrogen) atoms. The smallest absolute Gasteiger partial charge is 0.243 e. The molecule has 0 aromatic heterocycles. The number of benzene rings is 2. The van der Waals surface area contributed by atoms with Gasteiger partial charge in [0.2, 0.25) is 5.91 Å². The summed E-state index contributed by atoms with van der Waals surface area (Å²) in [6.07, 6.45) is 6.14. The van der Waals surface area contributed by atoms with Crippen LogP contribution in [0.25, 0.3) is 0 Å². The molecular formula is C23H32N2O3. The summed E-state index contributed by atoms with van der Waals surface area (Å²) in [4.78, 5) is 12.1. The van der Waals surface area contributed by atoms with Crippen molar-refractivity contribution in [2.45, 2.75) is 46.0 Å². The molecule has 2 aromatic rings. The topological polar surface area (TPSA) is 59.6 Å². The lowest BCUT2D eigenvalue weighted by Gasteiger charge is -2.10. The lowest BCUT2D eigenvalue weighted by Crippen LogP contribution is -2.21. The van der Waals surface area contributed by atoms with Gasteiger partial charge in [0.1, 0.15) is 11.5 Å². The van der Waals surface area contributed by atoms with Crippen LogP contribution >= 0.6 is 0 Å². The fraction of sp³-hybridized carbons (Fsp3) is 0.435. The van der Waals surface area contributed by atoms with Crippen molar-refractivity contribution in [1.82, 2.24) is 0 Å². The lowest BCUT2D eigenvalue weighted by molar-refractivity contribution is -0.114. The Labute approximate surface area is 168 Å². The van der Waals surface area contributed by atoms with Gasteiger partial charge < -0.3 is 20.1 Å². The summed E-state index contributed by atoms with van der Waals surface area (Å²) < 4.78 is 11.1. The van der Waals surface area contributed by atoms with E-state index >= 15 is 0 Å². The molecule has 0 aliphatic carbocycles. The number of rotatable bonds is 13. The number of ether oxygens (including phenoxy) is 2. The fourth-order valence-corrected chi connectivity index (χ4v) is 2.75. The van der Waals surface area contributed by atoms with Gasteiger partial charge in [0.05, 0.1) is 19.8 Å². The van der Waals surface area contributed by atoms with E-state index in [0.29, 0.717) is 6.61 Å². The number of anilines is 2. The Balaban J connectivity index is 1.67. The van der Waals surface area contributed by atoms with Crippen LogP contribution in [0.1, 0.15) is 46.0 Å². The first-order chi connectivity index (χ1) is 13.7. The molecule has 0 heterocycles. The molecule has 5 heteroatoms. The maximum absolute atomic E-state index is 12.1. The summed E-state index contributed by atoms with van der Waals surface area (Å²) in [5.74, 6) is 1.55. The zero-order valence-electron chi connectivity index (χ0n) is 17.0. The summed E-state index contributed by atoms with van der Waals surface area (Å²) in [6, 6.07) is 15.1. The van der Waals surface area contributed by atoms with Crippen LogP contribution < -0.4 is 20.1 Å². The highest BCUT2D eigenvalue weighted by Crippen LogP contribution is 2.17. The van der Waals surface area contributed by atoms with Crippen molar-refractivity contribution in [1.29, 1.82) is 0 Å². The van der Waals surface area contributed by atoms with Crippen LogP contribution in [0.4, 0.5) is 11.4 Å². The number of nitrogens with one attached hydrogen (secondary N) is 2. The Morgan fingerprint density at radius 3 is 2.04 bits per heavy atom. The summed E-state index contributed by atoms with van der Waals surface area (Å²) in [7, 11) is 0. The van der Waals surface area contributed by atoms with E-state index in [1.54, 1.807) is 0 Å². The Bertz CT molecular complexity index is 684. The normalized spacial score (nSPS) is 10.4. The molecule has 5 nitrogen and oxygen atoms in total. The summed E-state index contributed by atoms with van der Waals surface area (Å²) in [5.41, 5.74) is 1.63. The van der Waals surface area contributed by atoms with Crippen LogP contribution in [0.2, 0.25) is 0 Å². The zero-order chi connectivity index (χ0) is 20.0. The minimum Gasteiger partial charge on any atom is -0.494 e. The van der Waals surface area contributed by atoms with E-state index < -0.39 is 0 Å². The van der Waals surface area contributed by atoms with Gasteiger partial charge in [-0.15, -0.1) is 0 Å². The highest BCUT2D eigenvalue weighted by atomic mass is 16.5. The van der Waals surface area contributed by atoms with Crippen molar-refractivity contribution in [3.63, 3.8) is 0 Å². The van der Waals surface area contributed by atoms with Crippen LogP contribution in [-0.2, 0) is 4.79 Å². The number of carbonyl (C=O) groups excluding carboxylic acids is 1. The van der Waals surface area contributed by atoms with Gasteiger partial charge in [-0.1, -0.05) is 32.6 Å². The Hall–Kier alpha value is -2.69. The van der Waals surface area contributed by atoms with Gasteiger partial charge >= 0.3 is 0 Å². The van der Waals surface area contributed by atoms with E-state index in [4.69, 9.17) is 9.47 Å². The molecule has 1 amide bonds. The van der Waals surface area contributed by atoms with Crippen molar-refractivity contribution < 1.29 is 14.3 Å². The fourth-order valence-electron chi connectivity index (χ4n) is 2.75. The van der Waals surface area contributed by atoms with E-state index in [2.05, 4.69) is 17.6 Å². The lowest BCUT2D eigenvalue weighted by atomic mass is 10.2. The largest absolute Gasteiger partial charge is 0.494 e. The van der Waals surface area contributed by atoms with Crippen molar-refractivity contribution in [2.24, 2.45) is 0 Å². The standard InChI is InChI=1S/C23H32N2O3/c1-3-5-6-7-8-17-28-22-13-9-19(10-14-22)24-18-23(26)25-20-11-15-21(16-12-20)27-4-2/h9-16,24H,3-8,17-18H2,1-2H3,(H,25,26). The molecule has 0 aliphatic heterocycles. The number of carbonyl (C=O) groups is 1. The second kappa shape index (κ2) is 12.7. The molecule has 0 saturated carbocycles. The summed E-state index contributed by atoms with van der Waals surface area (Å²) in [6.45, 7) is 5.73. The molecule has 0 unspecified atom stereocenters. The average Bonchev–Trinajstić information content (AvgIpc) is 2.71. The molecule has 152 valence electrons. The molecule has 0 saturated heterocycles. The third-order valence-electron chi connectivity index (χ3n) is 4.27. The summed E-state index contributed by atoms with van der Waals surface area (Å²) in [5, 5.41) is 5.98. The Morgan fingerprint density at radius 1 is 0.786 bits per heavy atom. The summed E-state index contributed by atoms with van der Waals surface area (Å²) >= 11 is 0. The number of unbranched alkanes of at least 4 members (excludes halogenated alkanes) is 4. The van der Waals surface area contributed by atoms with Gasteiger partial charge in [-0.3, -0.25) is 4.79 Å². The zero-order valence-corrected chi connectivity index (χ0v) is 17.0. The van der Waals surface area contributed by atoms with Crippen molar-refractivity contribution in [3.8, 4) is 11.5 Å². The van der Waals surface area contributed by atoms with E-state index in [-0.39, 0.29) is 12.5 Å². The van der Waals surface area contributed by atoms with Gasteiger partial charge in [0, 0.05) is 11.4 Å². The molecular weight excluding hydrogens is 352 g/mol. The molecule has 0 aliphatic rings. The van der Waals surface area contributed by atoms with Crippen molar-refractivity contribution in [3.05, 3.63) is 48.5 Å². The molecule has 0 bridgehead atoms. The van der Waals surface area contributed by atoms with Crippen LogP contribution in [0, 0.1) is 0 Å². The van der Waals surface area contributed by atoms with Gasteiger partial charge in [-0.25, -0.2) is 0 Å².